The van der Waals surface area contributed by atoms with Crippen LogP contribution in [0.25, 0.3) is 0 Å². The van der Waals surface area contributed by atoms with Crippen molar-refractivity contribution in [3.05, 3.63) is 34.9 Å². The van der Waals surface area contributed by atoms with Crippen molar-refractivity contribution in [1.29, 1.82) is 0 Å². The van der Waals surface area contributed by atoms with Crippen molar-refractivity contribution < 1.29 is 4.79 Å². The van der Waals surface area contributed by atoms with Gasteiger partial charge in [-0.2, -0.15) is 0 Å². The molecule has 4 heteroatoms. The lowest BCUT2D eigenvalue weighted by Crippen LogP contribution is -2.52. The summed E-state index contributed by atoms with van der Waals surface area (Å²) in [5.41, 5.74) is 0.985. The number of hydrogen-bond donors (Lipinski definition) is 0. The van der Waals surface area contributed by atoms with Crippen molar-refractivity contribution in [1.82, 2.24) is 9.80 Å². The maximum Gasteiger partial charge on any atom is 0.227 e. The normalized spacial score (nSPS) is 21.1. The highest BCUT2D eigenvalue weighted by Gasteiger charge is 2.24. The van der Waals surface area contributed by atoms with E-state index in [1.54, 1.807) is 0 Å². The number of carbonyl (C=O) groups is 1. The molecule has 1 aromatic carbocycles. The van der Waals surface area contributed by atoms with Crippen LogP contribution in [0.15, 0.2) is 24.3 Å². The lowest BCUT2D eigenvalue weighted by molar-refractivity contribution is -0.133. The van der Waals surface area contributed by atoms with Gasteiger partial charge in [0, 0.05) is 30.7 Å². The number of piperazine rings is 1. The fraction of sp³-hybridized carbons (Fsp3) is 0.500. The molecule has 0 spiro atoms. The summed E-state index contributed by atoms with van der Waals surface area (Å²) in [5.74, 6) is 0.192. The Morgan fingerprint density at radius 1 is 1.44 bits per heavy atom. The van der Waals surface area contributed by atoms with Gasteiger partial charge in [0.2, 0.25) is 5.91 Å². The molecule has 3 nitrogen and oxygen atoms in total. The maximum absolute atomic E-state index is 12.2. The highest BCUT2D eigenvalue weighted by Crippen LogP contribution is 2.13. The maximum atomic E-state index is 12.2. The van der Waals surface area contributed by atoms with Gasteiger partial charge < -0.3 is 9.80 Å². The Morgan fingerprint density at radius 2 is 2.22 bits per heavy atom. The molecule has 0 N–H and O–H groups in total. The minimum atomic E-state index is 0.192. The quantitative estimate of drug-likeness (QED) is 0.818. The number of nitrogens with zero attached hydrogens (tertiary/aromatic N) is 2. The summed E-state index contributed by atoms with van der Waals surface area (Å²) in [6, 6.07) is 7.95. The standard InChI is InChI=1S/C14H19ClN2O/c1-11-10-17(7-6-16(11)2)14(18)9-12-4-3-5-13(15)8-12/h3-5,8,11H,6-7,9-10H2,1-2H3. The van der Waals surface area contributed by atoms with Crippen molar-refractivity contribution in [3.8, 4) is 0 Å². The van der Waals surface area contributed by atoms with Crippen molar-refractivity contribution in [2.24, 2.45) is 0 Å². The fourth-order valence-corrected chi connectivity index (χ4v) is 2.42. The van der Waals surface area contributed by atoms with Gasteiger partial charge in [0.1, 0.15) is 0 Å². The van der Waals surface area contributed by atoms with Gasteiger partial charge in [-0.25, -0.2) is 0 Å². The Hall–Kier alpha value is -1.06. The molecule has 2 rings (SSSR count). The molecule has 98 valence electrons. The third-order valence-corrected chi connectivity index (χ3v) is 3.79. The Balaban J connectivity index is 1.96. The third-order valence-electron chi connectivity index (χ3n) is 3.56. The highest BCUT2D eigenvalue weighted by molar-refractivity contribution is 6.30. The molecule has 0 radical (unpaired) electrons. The van der Waals surface area contributed by atoms with E-state index in [0.29, 0.717) is 17.5 Å². The summed E-state index contributed by atoms with van der Waals surface area (Å²) >= 11 is 5.92. The van der Waals surface area contributed by atoms with Crippen LogP contribution >= 0.6 is 11.6 Å². The monoisotopic (exact) mass is 266 g/mol. The first-order chi connectivity index (χ1) is 8.56. The van der Waals surface area contributed by atoms with E-state index >= 15 is 0 Å². The van der Waals surface area contributed by atoms with Crippen LogP contribution in [-0.2, 0) is 11.2 Å². The van der Waals surface area contributed by atoms with Crippen LogP contribution in [0.4, 0.5) is 0 Å². The molecule has 1 amide bonds. The summed E-state index contributed by atoms with van der Waals surface area (Å²) in [4.78, 5) is 16.4. The minimum Gasteiger partial charge on any atom is -0.340 e. The number of halogens is 1. The first-order valence-corrected chi connectivity index (χ1v) is 6.66. The van der Waals surface area contributed by atoms with Crippen molar-refractivity contribution in [3.63, 3.8) is 0 Å². The minimum absolute atomic E-state index is 0.192. The van der Waals surface area contributed by atoms with E-state index in [2.05, 4.69) is 18.9 Å². The van der Waals surface area contributed by atoms with Crippen LogP contribution in [0, 0.1) is 0 Å². The Morgan fingerprint density at radius 3 is 2.89 bits per heavy atom. The molecule has 18 heavy (non-hydrogen) atoms. The summed E-state index contributed by atoms with van der Waals surface area (Å²) in [6.45, 7) is 4.73. The Labute approximate surface area is 113 Å². The lowest BCUT2D eigenvalue weighted by Gasteiger charge is -2.37. The fourth-order valence-electron chi connectivity index (χ4n) is 2.21. The lowest BCUT2D eigenvalue weighted by atomic mass is 10.1. The third kappa shape index (κ3) is 3.24. The zero-order chi connectivity index (χ0) is 13.1. The second kappa shape index (κ2) is 5.72. The molecule has 1 unspecified atom stereocenters. The Bertz CT molecular complexity index is 436. The molecule has 1 fully saturated rings. The molecule has 1 atom stereocenters. The molecule has 1 heterocycles. The number of carbonyl (C=O) groups excluding carboxylic acids is 1. The largest absolute Gasteiger partial charge is 0.340 e. The molecular weight excluding hydrogens is 248 g/mol. The van der Waals surface area contributed by atoms with Gasteiger partial charge in [-0.1, -0.05) is 23.7 Å². The average Bonchev–Trinajstić information content (AvgIpc) is 2.32. The molecule has 1 aliphatic rings. The van der Waals surface area contributed by atoms with E-state index in [1.807, 2.05) is 29.2 Å². The van der Waals surface area contributed by atoms with Gasteiger partial charge in [0.05, 0.1) is 6.42 Å². The number of benzene rings is 1. The van der Waals surface area contributed by atoms with E-state index in [-0.39, 0.29) is 5.91 Å². The second-order valence-electron chi connectivity index (χ2n) is 4.98. The smallest absolute Gasteiger partial charge is 0.227 e. The molecule has 1 aromatic rings. The molecule has 0 saturated carbocycles. The zero-order valence-corrected chi connectivity index (χ0v) is 11.7. The average molecular weight is 267 g/mol. The first-order valence-electron chi connectivity index (χ1n) is 6.28. The number of rotatable bonds is 2. The van der Waals surface area contributed by atoms with E-state index in [0.717, 1.165) is 25.2 Å². The zero-order valence-electron chi connectivity index (χ0n) is 10.9. The predicted octanol–water partition coefficient (Wildman–Crippen LogP) is 2.04. The summed E-state index contributed by atoms with van der Waals surface area (Å²) in [6.07, 6.45) is 0.441. The van der Waals surface area contributed by atoms with Gasteiger partial charge >= 0.3 is 0 Å². The van der Waals surface area contributed by atoms with Crippen LogP contribution in [0.2, 0.25) is 5.02 Å². The van der Waals surface area contributed by atoms with Crippen LogP contribution in [0.3, 0.4) is 0 Å². The number of hydrogen-bond acceptors (Lipinski definition) is 2. The first kappa shape index (κ1) is 13.4. The molecular formula is C14H19ClN2O. The van der Waals surface area contributed by atoms with Crippen LogP contribution in [0.1, 0.15) is 12.5 Å². The Kier molecular flexibility index (Phi) is 4.25. The topological polar surface area (TPSA) is 23.6 Å². The van der Waals surface area contributed by atoms with Crippen molar-refractivity contribution in [2.75, 3.05) is 26.7 Å². The van der Waals surface area contributed by atoms with Crippen molar-refractivity contribution >= 4 is 17.5 Å². The van der Waals surface area contributed by atoms with Crippen LogP contribution < -0.4 is 0 Å². The molecule has 0 aliphatic carbocycles. The van der Waals surface area contributed by atoms with E-state index in [9.17, 15) is 4.79 Å². The van der Waals surface area contributed by atoms with E-state index < -0.39 is 0 Å². The van der Waals surface area contributed by atoms with Crippen LogP contribution in [0.5, 0.6) is 0 Å². The number of likely N-dealkylation sites (N-methyl/N-ethyl adjacent to an activating group) is 1. The summed E-state index contributed by atoms with van der Waals surface area (Å²) in [7, 11) is 2.10. The molecule has 1 aliphatic heterocycles. The molecule has 0 bridgehead atoms. The van der Waals surface area contributed by atoms with Crippen LogP contribution in [-0.4, -0.2) is 48.4 Å². The van der Waals surface area contributed by atoms with Gasteiger partial charge in [-0.05, 0) is 31.7 Å². The second-order valence-corrected chi connectivity index (χ2v) is 5.41. The molecule has 0 aromatic heterocycles. The van der Waals surface area contributed by atoms with Gasteiger partial charge in [-0.15, -0.1) is 0 Å². The van der Waals surface area contributed by atoms with E-state index in [4.69, 9.17) is 11.6 Å². The number of amides is 1. The van der Waals surface area contributed by atoms with Gasteiger partial charge in [0.25, 0.3) is 0 Å². The summed E-state index contributed by atoms with van der Waals surface area (Å²) in [5, 5.41) is 0.687. The van der Waals surface area contributed by atoms with E-state index in [1.165, 1.54) is 0 Å². The highest BCUT2D eigenvalue weighted by atomic mass is 35.5. The molecule has 1 saturated heterocycles. The van der Waals surface area contributed by atoms with Gasteiger partial charge in [-0.3, -0.25) is 4.79 Å². The van der Waals surface area contributed by atoms with Gasteiger partial charge in [0.15, 0.2) is 0 Å². The predicted molar refractivity (Wildman–Crippen MR) is 73.8 cm³/mol. The van der Waals surface area contributed by atoms with Crippen molar-refractivity contribution in [2.45, 2.75) is 19.4 Å². The summed E-state index contributed by atoms with van der Waals surface area (Å²) < 4.78 is 0. The SMILES string of the molecule is CC1CN(C(=O)Cc2cccc(Cl)c2)CCN1C.